The van der Waals surface area contributed by atoms with Crippen molar-refractivity contribution in [1.82, 2.24) is 14.3 Å². The molecule has 1 fully saturated rings. The van der Waals surface area contributed by atoms with Crippen molar-refractivity contribution in [3.05, 3.63) is 17.7 Å². The van der Waals surface area contributed by atoms with Crippen LogP contribution in [0.15, 0.2) is 17.3 Å². The van der Waals surface area contributed by atoms with Crippen molar-refractivity contribution in [2.24, 2.45) is 0 Å². The molecule has 8 heteroatoms. The molecule has 0 atom stereocenters. The van der Waals surface area contributed by atoms with E-state index < -0.39 is 10.0 Å². The van der Waals surface area contributed by atoms with Gasteiger partial charge in [0.15, 0.2) is 0 Å². The molecular formula is C11H16ClN3O3S. The molecule has 1 N–H and O–H groups in total. The second-order valence-electron chi connectivity index (χ2n) is 4.47. The van der Waals surface area contributed by atoms with Gasteiger partial charge in [-0.05, 0) is 24.4 Å². The first kappa shape index (κ1) is 14.6. The summed E-state index contributed by atoms with van der Waals surface area (Å²) in [5.74, 6) is 0. The van der Waals surface area contributed by atoms with Crippen LogP contribution in [0.3, 0.4) is 0 Å². The van der Waals surface area contributed by atoms with Gasteiger partial charge in [0, 0.05) is 12.6 Å². The van der Waals surface area contributed by atoms with E-state index in [9.17, 15) is 8.42 Å². The second kappa shape index (κ2) is 6.13. The molecule has 1 heterocycles. The van der Waals surface area contributed by atoms with Crippen LogP contribution in [0, 0.1) is 0 Å². The molecule has 19 heavy (non-hydrogen) atoms. The van der Waals surface area contributed by atoms with Gasteiger partial charge in [0.05, 0.1) is 19.0 Å². The maximum absolute atomic E-state index is 12.5. The number of aliphatic hydroxyl groups excluding tert-OH is 1. The number of aromatic nitrogens is 2. The fourth-order valence-corrected chi connectivity index (χ4v) is 4.02. The van der Waals surface area contributed by atoms with Gasteiger partial charge < -0.3 is 5.11 Å². The summed E-state index contributed by atoms with van der Waals surface area (Å²) < 4.78 is 26.4. The Labute approximate surface area is 117 Å². The zero-order valence-electron chi connectivity index (χ0n) is 10.4. The summed E-state index contributed by atoms with van der Waals surface area (Å²) >= 11 is 5.56. The van der Waals surface area contributed by atoms with Crippen LogP contribution < -0.4 is 0 Å². The van der Waals surface area contributed by atoms with Gasteiger partial charge in [0.25, 0.3) is 0 Å². The molecule has 0 spiro atoms. The zero-order valence-corrected chi connectivity index (χ0v) is 11.9. The molecule has 1 aromatic heterocycles. The van der Waals surface area contributed by atoms with Gasteiger partial charge >= 0.3 is 0 Å². The van der Waals surface area contributed by atoms with Crippen LogP contribution in [0.4, 0.5) is 0 Å². The Morgan fingerprint density at radius 3 is 2.42 bits per heavy atom. The third-order valence-electron chi connectivity index (χ3n) is 3.26. The lowest BCUT2D eigenvalue weighted by atomic mass is 10.2. The van der Waals surface area contributed by atoms with Gasteiger partial charge in [0.2, 0.25) is 15.3 Å². The molecule has 0 saturated heterocycles. The highest BCUT2D eigenvalue weighted by Crippen LogP contribution is 2.28. The van der Waals surface area contributed by atoms with E-state index in [4.69, 9.17) is 16.7 Å². The van der Waals surface area contributed by atoms with Crippen molar-refractivity contribution >= 4 is 21.6 Å². The third-order valence-corrected chi connectivity index (χ3v) is 5.36. The minimum absolute atomic E-state index is 0.00789. The van der Waals surface area contributed by atoms with E-state index in [1.54, 1.807) is 0 Å². The van der Waals surface area contributed by atoms with Crippen LogP contribution in [-0.2, 0) is 10.0 Å². The molecule has 1 aliphatic carbocycles. The van der Waals surface area contributed by atoms with E-state index in [2.05, 4.69) is 9.97 Å². The molecule has 0 amide bonds. The first-order valence-electron chi connectivity index (χ1n) is 6.16. The Morgan fingerprint density at radius 1 is 1.32 bits per heavy atom. The van der Waals surface area contributed by atoms with E-state index in [1.165, 1.54) is 16.7 Å². The number of aliphatic hydroxyl groups is 1. The van der Waals surface area contributed by atoms with Crippen LogP contribution in [0.1, 0.15) is 25.7 Å². The maximum atomic E-state index is 12.5. The first-order valence-corrected chi connectivity index (χ1v) is 7.98. The van der Waals surface area contributed by atoms with E-state index >= 15 is 0 Å². The van der Waals surface area contributed by atoms with Crippen LogP contribution in [0.25, 0.3) is 0 Å². The number of hydrogen-bond donors (Lipinski definition) is 1. The topological polar surface area (TPSA) is 83.4 Å². The molecule has 6 nitrogen and oxygen atoms in total. The van der Waals surface area contributed by atoms with Crippen LogP contribution >= 0.6 is 11.6 Å². The van der Waals surface area contributed by atoms with Gasteiger partial charge in [-0.25, -0.2) is 18.4 Å². The van der Waals surface area contributed by atoms with E-state index in [1.807, 2.05) is 0 Å². The van der Waals surface area contributed by atoms with Crippen molar-refractivity contribution in [2.45, 2.75) is 36.6 Å². The van der Waals surface area contributed by atoms with E-state index in [0.29, 0.717) is 0 Å². The zero-order chi connectivity index (χ0) is 13.9. The maximum Gasteiger partial charge on any atom is 0.246 e. The fourth-order valence-electron chi connectivity index (χ4n) is 2.36. The Hall–Kier alpha value is -0.760. The molecule has 0 aliphatic heterocycles. The van der Waals surface area contributed by atoms with Crippen molar-refractivity contribution in [1.29, 1.82) is 0 Å². The standard InChI is InChI=1S/C11H16ClN3O3S/c12-11-13-7-10(8-14-11)19(17,18)15(5-6-16)9-3-1-2-4-9/h7-9,16H,1-6H2. The minimum atomic E-state index is -3.67. The fraction of sp³-hybridized carbons (Fsp3) is 0.636. The second-order valence-corrected chi connectivity index (χ2v) is 6.69. The summed E-state index contributed by atoms with van der Waals surface area (Å²) in [5, 5.41) is 9.10. The summed E-state index contributed by atoms with van der Waals surface area (Å²) in [6.45, 7) is -0.111. The lowest BCUT2D eigenvalue weighted by Gasteiger charge is -2.27. The number of hydrogen-bond acceptors (Lipinski definition) is 5. The van der Waals surface area contributed by atoms with Crippen molar-refractivity contribution in [3.8, 4) is 0 Å². The number of rotatable bonds is 5. The quantitative estimate of drug-likeness (QED) is 0.822. The molecule has 1 aliphatic rings. The molecule has 0 radical (unpaired) electrons. The van der Waals surface area contributed by atoms with E-state index in [-0.39, 0.29) is 29.4 Å². The smallest absolute Gasteiger partial charge is 0.246 e. The summed E-state index contributed by atoms with van der Waals surface area (Å²) in [6, 6.07) is -0.0483. The summed E-state index contributed by atoms with van der Waals surface area (Å²) in [7, 11) is -3.67. The van der Waals surface area contributed by atoms with Crippen molar-refractivity contribution in [2.75, 3.05) is 13.2 Å². The number of nitrogens with zero attached hydrogens (tertiary/aromatic N) is 3. The molecule has 0 bridgehead atoms. The highest BCUT2D eigenvalue weighted by atomic mass is 35.5. The molecule has 1 saturated carbocycles. The monoisotopic (exact) mass is 305 g/mol. The van der Waals surface area contributed by atoms with Gasteiger partial charge in [-0.2, -0.15) is 4.31 Å². The molecule has 106 valence electrons. The van der Waals surface area contributed by atoms with Gasteiger partial charge in [-0.15, -0.1) is 0 Å². The lowest BCUT2D eigenvalue weighted by molar-refractivity contribution is 0.226. The van der Waals surface area contributed by atoms with Gasteiger partial charge in [-0.3, -0.25) is 0 Å². The minimum Gasteiger partial charge on any atom is -0.395 e. The van der Waals surface area contributed by atoms with Crippen molar-refractivity contribution in [3.63, 3.8) is 0 Å². The SMILES string of the molecule is O=S(=O)(c1cnc(Cl)nc1)N(CCO)C1CCCC1. The average molecular weight is 306 g/mol. The van der Waals surface area contributed by atoms with Crippen LogP contribution in [0.2, 0.25) is 5.28 Å². The van der Waals surface area contributed by atoms with Gasteiger partial charge in [0.1, 0.15) is 4.90 Å². The van der Waals surface area contributed by atoms with Crippen LogP contribution in [-0.4, -0.2) is 47.0 Å². The Balaban J connectivity index is 2.30. The predicted octanol–water partition coefficient (Wildman–Crippen LogP) is 1.06. The predicted molar refractivity (Wildman–Crippen MR) is 70.3 cm³/mol. The molecule has 1 aromatic rings. The van der Waals surface area contributed by atoms with Gasteiger partial charge in [-0.1, -0.05) is 12.8 Å². The Kier molecular flexibility index (Phi) is 4.72. The summed E-state index contributed by atoms with van der Waals surface area (Å²) in [6.07, 6.45) is 6.08. The Morgan fingerprint density at radius 2 is 1.89 bits per heavy atom. The largest absolute Gasteiger partial charge is 0.395 e. The molecule has 2 rings (SSSR count). The molecule has 0 unspecified atom stereocenters. The highest BCUT2D eigenvalue weighted by Gasteiger charge is 2.33. The van der Waals surface area contributed by atoms with E-state index in [0.717, 1.165) is 25.7 Å². The summed E-state index contributed by atoms with van der Waals surface area (Å²) in [5.41, 5.74) is 0. The first-order chi connectivity index (χ1) is 9.05. The van der Waals surface area contributed by atoms with Crippen molar-refractivity contribution < 1.29 is 13.5 Å². The molecule has 0 aromatic carbocycles. The number of halogens is 1. The average Bonchev–Trinajstić information content (AvgIpc) is 2.89. The lowest BCUT2D eigenvalue weighted by Crippen LogP contribution is -2.40. The molecular weight excluding hydrogens is 290 g/mol. The highest BCUT2D eigenvalue weighted by molar-refractivity contribution is 7.89. The Bertz CT molecular complexity index is 514. The van der Waals surface area contributed by atoms with Crippen LogP contribution in [0.5, 0.6) is 0 Å². The normalized spacial score (nSPS) is 17.2. The number of sulfonamides is 1. The third kappa shape index (κ3) is 3.22. The summed E-state index contributed by atoms with van der Waals surface area (Å²) in [4.78, 5) is 7.41.